The Morgan fingerprint density at radius 2 is 1.70 bits per heavy atom. The Kier molecular flexibility index (Phi) is 6.34. The number of benzene rings is 2. The van der Waals surface area contributed by atoms with Crippen molar-refractivity contribution in [2.75, 3.05) is 18.0 Å². The lowest BCUT2D eigenvalue weighted by molar-refractivity contribution is 0.0930. The highest BCUT2D eigenvalue weighted by molar-refractivity contribution is 6.41. The van der Waals surface area contributed by atoms with Crippen molar-refractivity contribution in [1.29, 1.82) is 0 Å². The number of aliphatic hydroxyl groups excluding tert-OH is 1. The Labute approximate surface area is 189 Å². The van der Waals surface area contributed by atoms with Crippen LogP contribution in [0.1, 0.15) is 24.5 Å². The lowest BCUT2D eigenvalue weighted by atomic mass is 9.87. The van der Waals surface area contributed by atoms with Gasteiger partial charge in [-0.25, -0.2) is 0 Å². The van der Waals surface area contributed by atoms with Gasteiger partial charge in [-0.05, 0) is 42.5 Å². The van der Waals surface area contributed by atoms with Gasteiger partial charge in [0.25, 0.3) is 5.56 Å². The molecule has 1 aliphatic heterocycles. The molecule has 0 aliphatic carbocycles. The minimum Gasteiger partial charge on any atom is -0.388 e. The molecular weight excluding hydrogens is 445 g/mol. The molecule has 1 fully saturated rings. The predicted octanol–water partition coefficient (Wildman–Crippen LogP) is 5.14. The van der Waals surface area contributed by atoms with Gasteiger partial charge in [-0.1, -0.05) is 65.1 Å². The second-order valence-electron chi connectivity index (χ2n) is 7.34. The molecule has 8 heteroatoms. The molecule has 5 nitrogen and oxygen atoms in total. The molecule has 156 valence electrons. The van der Waals surface area contributed by atoms with Crippen molar-refractivity contribution in [2.24, 2.45) is 5.92 Å². The molecule has 1 aliphatic rings. The largest absolute Gasteiger partial charge is 0.388 e. The van der Waals surface area contributed by atoms with E-state index in [2.05, 4.69) is 10.00 Å². The van der Waals surface area contributed by atoms with E-state index in [4.69, 9.17) is 34.8 Å². The maximum atomic E-state index is 12.3. The Hall–Kier alpha value is -2.05. The van der Waals surface area contributed by atoms with Crippen LogP contribution in [0.5, 0.6) is 0 Å². The monoisotopic (exact) mass is 463 g/mol. The van der Waals surface area contributed by atoms with Crippen LogP contribution in [0, 0.1) is 5.92 Å². The number of aromatic nitrogens is 2. The molecule has 0 amide bonds. The summed E-state index contributed by atoms with van der Waals surface area (Å²) in [6, 6.07) is 15.1. The summed E-state index contributed by atoms with van der Waals surface area (Å²) in [5.74, 6) is 0.209. The molecule has 1 unspecified atom stereocenters. The zero-order chi connectivity index (χ0) is 21.3. The van der Waals surface area contributed by atoms with Crippen molar-refractivity contribution >= 4 is 40.5 Å². The standard InChI is InChI=1S/C22H20Cl3N3O2/c23-17-12-16(28-22(30)20(25)18(24)13-26-28)6-7-19(17)27-10-8-15(9-11-27)21(29)14-4-2-1-3-5-14/h1-7,12-13,15,21,29H,8-11H2. The number of aliphatic hydroxyl groups is 1. The number of halogens is 3. The van der Waals surface area contributed by atoms with Gasteiger partial charge in [0, 0.05) is 13.1 Å². The van der Waals surface area contributed by atoms with Crippen molar-refractivity contribution in [3.05, 3.63) is 85.7 Å². The van der Waals surface area contributed by atoms with Crippen molar-refractivity contribution in [3.63, 3.8) is 0 Å². The van der Waals surface area contributed by atoms with E-state index in [1.54, 1.807) is 12.1 Å². The van der Waals surface area contributed by atoms with Gasteiger partial charge >= 0.3 is 0 Å². The third-order valence-corrected chi connectivity index (χ3v) is 6.57. The highest BCUT2D eigenvalue weighted by Crippen LogP contribution is 2.35. The number of anilines is 1. The molecule has 1 saturated heterocycles. The van der Waals surface area contributed by atoms with E-state index in [0.29, 0.717) is 10.7 Å². The zero-order valence-corrected chi connectivity index (χ0v) is 18.3. The van der Waals surface area contributed by atoms with Crippen molar-refractivity contribution in [3.8, 4) is 5.69 Å². The maximum absolute atomic E-state index is 12.3. The van der Waals surface area contributed by atoms with Crippen LogP contribution in [0.2, 0.25) is 15.1 Å². The minimum absolute atomic E-state index is 0.0779. The van der Waals surface area contributed by atoms with Gasteiger partial charge < -0.3 is 10.0 Å². The van der Waals surface area contributed by atoms with Crippen LogP contribution in [0.3, 0.4) is 0 Å². The molecule has 1 atom stereocenters. The average Bonchev–Trinajstić information content (AvgIpc) is 2.78. The van der Waals surface area contributed by atoms with Crippen LogP contribution in [-0.4, -0.2) is 28.0 Å². The highest BCUT2D eigenvalue weighted by Gasteiger charge is 2.27. The molecule has 1 aromatic heterocycles. The minimum atomic E-state index is -0.497. The fourth-order valence-electron chi connectivity index (χ4n) is 3.86. The summed E-state index contributed by atoms with van der Waals surface area (Å²) >= 11 is 18.3. The van der Waals surface area contributed by atoms with Gasteiger partial charge in [0.05, 0.1) is 33.7 Å². The van der Waals surface area contributed by atoms with E-state index in [0.717, 1.165) is 37.2 Å². The van der Waals surface area contributed by atoms with Crippen LogP contribution in [0.4, 0.5) is 5.69 Å². The number of piperidine rings is 1. The molecule has 0 radical (unpaired) electrons. The van der Waals surface area contributed by atoms with Gasteiger partial charge in [-0.3, -0.25) is 4.79 Å². The first-order valence-corrected chi connectivity index (χ1v) is 10.8. The third kappa shape index (κ3) is 4.21. The van der Waals surface area contributed by atoms with E-state index < -0.39 is 11.7 Å². The van der Waals surface area contributed by atoms with Crippen LogP contribution < -0.4 is 10.5 Å². The lowest BCUT2D eigenvalue weighted by Gasteiger charge is -2.36. The smallest absolute Gasteiger partial charge is 0.291 e. The first-order chi connectivity index (χ1) is 14.5. The summed E-state index contributed by atoms with van der Waals surface area (Å²) in [5, 5.41) is 15.3. The second kappa shape index (κ2) is 8.98. The summed E-state index contributed by atoms with van der Waals surface area (Å²) < 4.78 is 1.17. The summed E-state index contributed by atoms with van der Waals surface area (Å²) in [7, 11) is 0. The van der Waals surface area contributed by atoms with Gasteiger partial charge in [0.1, 0.15) is 5.02 Å². The van der Waals surface area contributed by atoms with Crippen molar-refractivity contribution < 1.29 is 5.11 Å². The Balaban J connectivity index is 1.49. The number of hydrogen-bond acceptors (Lipinski definition) is 4. The molecule has 0 saturated carbocycles. The topological polar surface area (TPSA) is 58.4 Å². The van der Waals surface area contributed by atoms with Crippen LogP contribution in [0.25, 0.3) is 5.69 Å². The van der Waals surface area contributed by atoms with E-state index in [9.17, 15) is 9.90 Å². The molecule has 2 aromatic carbocycles. The van der Waals surface area contributed by atoms with Gasteiger partial charge in [0.2, 0.25) is 0 Å². The molecule has 1 N–H and O–H groups in total. The molecule has 0 spiro atoms. The van der Waals surface area contributed by atoms with Gasteiger partial charge in [-0.15, -0.1) is 0 Å². The summed E-state index contributed by atoms with van der Waals surface area (Å²) in [6.07, 6.45) is 2.60. The summed E-state index contributed by atoms with van der Waals surface area (Å²) in [4.78, 5) is 14.5. The quantitative estimate of drug-likeness (QED) is 0.580. The predicted molar refractivity (Wildman–Crippen MR) is 121 cm³/mol. The van der Waals surface area contributed by atoms with Crippen LogP contribution in [0.15, 0.2) is 59.5 Å². The Bertz CT molecular complexity index is 1100. The summed E-state index contributed by atoms with van der Waals surface area (Å²) in [5.41, 5.74) is 1.87. The third-order valence-electron chi connectivity index (χ3n) is 5.52. The van der Waals surface area contributed by atoms with Crippen LogP contribution in [-0.2, 0) is 0 Å². The zero-order valence-electron chi connectivity index (χ0n) is 16.0. The molecule has 30 heavy (non-hydrogen) atoms. The first-order valence-electron chi connectivity index (χ1n) is 9.67. The van der Waals surface area contributed by atoms with E-state index in [1.165, 1.54) is 10.9 Å². The lowest BCUT2D eigenvalue weighted by Crippen LogP contribution is -2.35. The van der Waals surface area contributed by atoms with Crippen molar-refractivity contribution in [2.45, 2.75) is 18.9 Å². The van der Waals surface area contributed by atoms with Gasteiger partial charge in [-0.2, -0.15) is 9.78 Å². The number of rotatable bonds is 4. The number of nitrogens with zero attached hydrogens (tertiary/aromatic N) is 3. The molecule has 0 bridgehead atoms. The fraction of sp³-hybridized carbons (Fsp3) is 0.273. The number of hydrogen-bond donors (Lipinski definition) is 1. The van der Waals surface area contributed by atoms with E-state index in [1.807, 2.05) is 36.4 Å². The molecular formula is C22H20Cl3N3O2. The Morgan fingerprint density at radius 3 is 2.37 bits per heavy atom. The van der Waals surface area contributed by atoms with E-state index in [-0.39, 0.29) is 16.0 Å². The SMILES string of the molecule is O=c1c(Cl)c(Cl)cnn1-c1ccc(N2CCC(C(O)c3ccccc3)CC2)c(Cl)c1. The summed E-state index contributed by atoms with van der Waals surface area (Å²) in [6.45, 7) is 1.58. The molecule has 4 rings (SSSR count). The van der Waals surface area contributed by atoms with Crippen LogP contribution >= 0.6 is 34.8 Å². The Morgan fingerprint density at radius 1 is 1.00 bits per heavy atom. The average molecular weight is 465 g/mol. The molecule has 2 heterocycles. The molecule has 3 aromatic rings. The van der Waals surface area contributed by atoms with Crippen molar-refractivity contribution in [1.82, 2.24) is 9.78 Å². The van der Waals surface area contributed by atoms with E-state index >= 15 is 0 Å². The highest BCUT2D eigenvalue weighted by atomic mass is 35.5. The maximum Gasteiger partial charge on any atom is 0.291 e. The normalized spacial score (nSPS) is 15.9. The first kappa shape index (κ1) is 21.2. The second-order valence-corrected chi connectivity index (χ2v) is 8.53. The van der Waals surface area contributed by atoms with Gasteiger partial charge in [0.15, 0.2) is 0 Å². The fourth-order valence-corrected chi connectivity index (χ4v) is 4.41.